The minimum Gasteiger partial charge on any atom is -0.267 e. The Balaban J connectivity index is 1.60. The number of nitrogens with two attached hydrogens (primary N) is 1. The molecule has 2 amide bonds. The molecule has 0 aliphatic rings. The first kappa shape index (κ1) is 24.9. The Kier molecular flexibility index (Phi) is 6.80. The molecule has 0 unspecified atom stereocenters. The van der Waals surface area contributed by atoms with E-state index in [1.807, 2.05) is 30.3 Å². The van der Waals surface area contributed by atoms with E-state index in [1.54, 1.807) is 19.2 Å². The molecule has 4 aromatic rings. The molecule has 0 fully saturated rings. The topological polar surface area (TPSA) is 76.3 Å². The molecule has 180 valence electrons. The van der Waals surface area contributed by atoms with Crippen LogP contribution < -0.4 is 5.84 Å². The first-order valence-electron chi connectivity index (χ1n) is 10.5. The molecule has 1 heterocycles. The first-order valence-corrected chi connectivity index (χ1v) is 10.9. The molecule has 0 atom stereocenters. The number of benzene rings is 3. The van der Waals surface area contributed by atoms with Crippen LogP contribution >= 0.6 is 11.6 Å². The lowest BCUT2D eigenvalue weighted by molar-refractivity contribution is -0.137. The zero-order chi connectivity index (χ0) is 26.0. The lowest BCUT2D eigenvalue weighted by atomic mass is 10.0. The summed E-state index contributed by atoms with van der Waals surface area (Å²) in [4.78, 5) is 29.9. The highest BCUT2D eigenvalue weighted by Crippen LogP contribution is 2.35. The van der Waals surface area contributed by atoms with Gasteiger partial charge >= 0.3 is 6.18 Å². The second kappa shape index (κ2) is 9.82. The van der Waals surface area contributed by atoms with Crippen LogP contribution in [0.3, 0.4) is 0 Å². The van der Waals surface area contributed by atoms with Crippen LogP contribution in [0.25, 0.3) is 10.9 Å². The maximum atomic E-state index is 13.1. The summed E-state index contributed by atoms with van der Waals surface area (Å²) in [6.07, 6.45) is -3.14. The quantitative estimate of drug-likeness (QED) is 0.123. The number of aryl methyl sites for hydroxylation is 1. The molecule has 0 saturated heterocycles. The minimum absolute atomic E-state index is 0.0439. The SMILES string of the molecule is Cc1ccc(C(=O)N(N)C(=O)c2ccc(Cl)c(C(F)(F)F)c2)cc1C#Cc1cnc2ccccc2c1. The zero-order valence-corrected chi connectivity index (χ0v) is 19.5. The number of imide groups is 1. The number of carbonyl (C=O) groups is 2. The van der Waals surface area contributed by atoms with Gasteiger partial charge in [-0.2, -0.15) is 13.2 Å². The third-order valence-corrected chi connectivity index (χ3v) is 5.70. The molecular formula is C27H17ClF3N3O2. The Morgan fingerprint density at radius 1 is 0.944 bits per heavy atom. The number of aromatic nitrogens is 1. The predicted molar refractivity (Wildman–Crippen MR) is 130 cm³/mol. The van der Waals surface area contributed by atoms with Crippen molar-refractivity contribution in [2.24, 2.45) is 5.84 Å². The lowest BCUT2D eigenvalue weighted by Gasteiger charge is -2.17. The molecule has 4 rings (SSSR count). The summed E-state index contributed by atoms with van der Waals surface area (Å²) in [5.41, 5.74) is 1.20. The maximum Gasteiger partial charge on any atom is 0.417 e. The Morgan fingerprint density at radius 3 is 2.33 bits per heavy atom. The molecule has 0 aliphatic carbocycles. The van der Waals surface area contributed by atoms with Crippen LogP contribution in [0.15, 0.2) is 72.9 Å². The fraction of sp³-hybridized carbons (Fsp3) is 0.0741. The van der Waals surface area contributed by atoms with Crippen molar-refractivity contribution in [3.8, 4) is 11.8 Å². The number of hydrogen-bond donors (Lipinski definition) is 1. The smallest absolute Gasteiger partial charge is 0.267 e. The van der Waals surface area contributed by atoms with Crippen LogP contribution in [0, 0.1) is 18.8 Å². The average Bonchev–Trinajstić information content (AvgIpc) is 2.86. The Labute approximate surface area is 209 Å². The molecule has 3 aromatic carbocycles. The van der Waals surface area contributed by atoms with Gasteiger partial charge in [-0.05, 0) is 55.0 Å². The van der Waals surface area contributed by atoms with Crippen LogP contribution in [-0.2, 0) is 6.18 Å². The van der Waals surface area contributed by atoms with E-state index in [0.29, 0.717) is 17.2 Å². The van der Waals surface area contributed by atoms with Gasteiger partial charge in [-0.1, -0.05) is 47.7 Å². The predicted octanol–water partition coefficient (Wildman–Crippen LogP) is 5.77. The number of pyridine rings is 1. The normalized spacial score (nSPS) is 11.1. The monoisotopic (exact) mass is 507 g/mol. The van der Waals surface area contributed by atoms with E-state index < -0.39 is 34.1 Å². The molecular weight excluding hydrogens is 491 g/mol. The summed E-state index contributed by atoms with van der Waals surface area (Å²) in [5.74, 6) is 9.69. The van der Waals surface area contributed by atoms with Crippen LogP contribution in [0.1, 0.15) is 43.0 Å². The summed E-state index contributed by atoms with van der Waals surface area (Å²) >= 11 is 5.60. The second-order valence-electron chi connectivity index (χ2n) is 7.87. The van der Waals surface area contributed by atoms with Crippen LogP contribution in [0.5, 0.6) is 0 Å². The number of nitrogens with zero attached hydrogens (tertiary/aromatic N) is 2. The van der Waals surface area contributed by atoms with Gasteiger partial charge in [0.1, 0.15) is 0 Å². The van der Waals surface area contributed by atoms with Crippen molar-refractivity contribution >= 4 is 34.3 Å². The number of hydrogen-bond acceptors (Lipinski definition) is 4. The van der Waals surface area contributed by atoms with E-state index in [9.17, 15) is 22.8 Å². The highest BCUT2D eigenvalue weighted by molar-refractivity contribution is 6.31. The highest BCUT2D eigenvalue weighted by atomic mass is 35.5. The number of rotatable bonds is 2. The summed E-state index contributed by atoms with van der Waals surface area (Å²) in [6.45, 7) is 1.80. The third kappa shape index (κ3) is 5.23. The van der Waals surface area contributed by atoms with Crippen molar-refractivity contribution in [1.82, 2.24) is 9.99 Å². The van der Waals surface area contributed by atoms with Crippen molar-refractivity contribution in [2.45, 2.75) is 13.1 Å². The lowest BCUT2D eigenvalue weighted by Crippen LogP contribution is -2.42. The van der Waals surface area contributed by atoms with Crippen LogP contribution in [0.4, 0.5) is 13.2 Å². The molecule has 2 N–H and O–H groups in total. The molecule has 0 saturated carbocycles. The summed E-state index contributed by atoms with van der Waals surface area (Å²) in [7, 11) is 0. The van der Waals surface area contributed by atoms with Gasteiger partial charge in [-0.25, -0.2) is 10.9 Å². The Hall–Kier alpha value is -4.19. The summed E-state index contributed by atoms with van der Waals surface area (Å²) in [5, 5.41) is 0.619. The van der Waals surface area contributed by atoms with E-state index in [2.05, 4.69) is 16.8 Å². The van der Waals surface area contributed by atoms with Gasteiger partial charge in [0.15, 0.2) is 0 Å². The van der Waals surface area contributed by atoms with Gasteiger partial charge in [-0.3, -0.25) is 14.6 Å². The van der Waals surface area contributed by atoms with Gasteiger partial charge in [0.05, 0.1) is 16.1 Å². The largest absolute Gasteiger partial charge is 0.417 e. The minimum atomic E-state index is -4.78. The zero-order valence-electron chi connectivity index (χ0n) is 18.7. The van der Waals surface area contributed by atoms with Gasteiger partial charge in [0.25, 0.3) is 11.8 Å². The summed E-state index contributed by atoms with van der Waals surface area (Å²) < 4.78 is 39.4. The number of para-hydroxylation sites is 1. The van der Waals surface area contributed by atoms with Gasteiger partial charge < -0.3 is 0 Å². The first-order chi connectivity index (χ1) is 17.0. The number of halogens is 4. The van der Waals surface area contributed by atoms with E-state index >= 15 is 0 Å². The molecule has 0 radical (unpaired) electrons. The van der Waals surface area contributed by atoms with E-state index in [0.717, 1.165) is 28.6 Å². The number of hydrazine groups is 1. The number of fused-ring (bicyclic) bond motifs is 1. The molecule has 1 aromatic heterocycles. The van der Waals surface area contributed by atoms with E-state index in [1.165, 1.54) is 12.1 Å². The molecule has 0 aliphatic heterocycles. The van der Waals surface area contributed by atoms with Gasteiger partial charge in [0, 0.05) is 33.8 Å². The highest BCUT2D eigenvalue weighted by Gasteiger charge is 2.34. The molecule has 5 nitrogen and oxygen atoms in total. The Morgan fingerprint density at radius 2 is 1.61 bits per heavy atom. The Bertz CT molecular complexity index is 1570. The maximum absolute atomic E-state index is 13.1. The van der Waals surface area contributed by atoms with Crippen molar-refractivity contribution in [3.63, 3.8) is 0 Å². The third-order valence-electron chi connectivity index (χ3n) is 5.37. The standard InChI is InChI=1S/C27H17ClF3N3O2/c1-16-6-8-20(13-18(16)9-7-17-12-19-4-2-3-5-24(19)33-15-17)25(35)34(32)26(36)21-10-11-23(28)22(14-21)27(29,30)31/h2-6,8,10-15H,32H2,1H3. The van der Waals surface area contributed by atoms with Crippen LogP contribution in [0.2, 0.25) is 5.02 Å². The van der Waals surface area contributed by atoms with E-state index in [-0.39, 0.29) is 10.6 Å². The van der Waals surface area contributed by atoms with Crippen molar-refractivity contribution in [1.29, 1.82) is 0 Å². The molecule has 0 spiro atoms. The fourth-order valence-corrected chi connectivity index (χ4v) is 3.64. The summed E-state index contributed by atoms with van der Waals surface area (Å²) in [6, 6.07) is 16.6. The fourth-order valence-electron chi connectivity index (χ4n) is 3.41. The van der Waals surface area contributed by atoms with Crippen LogP contribution in [-0.4, -0.2) is 21.8 Å². The number of amides is 2. The van der Waals surface area contributed by atoms with Gasteiger partial charge in [0.2, 0.25) is 0 Å². The van der Waals surface area contributed by atoms with Gasteiger partial charge in [-0.15, -0.1) is 0 Å². The number of carbonyl (C=O) groups excluding carboxylic acids is 2. The second-order valence-corrected chi connectivity index (χ2v) is 8.28. The van der Waals surface area contributed by atoms with Crippen molar-refractivity contribution in [2.75, 3.05) is 0 Å². The van der Waals surface area contributed by atoms with E-state index in [4.69, 9.17) is 17.4 Å². The molecule has 9 heteroatoms. The average molecular weight is 508 g/mol. The molecule has 0 bridgehead atoms. The van der Waals surface area contributed by atoms with Crippen molar-refractivity contribution < 1.29 is 22.8 Å². The molecule has 36 heavy (non-hydrogen) atoms. The number of alkyl halides is 3. The van der Waals surface area contributed by atoms with Crippen molar-refractivity contribution in [3.05, 3.63) is 111 Å².